The molecule has 0 aliphatic heterocycles. The highest BCUT2D eigenvalue weighted by atomic mass is 32.1. The van der Waals surface area contributed by atoms with Gasteiger partial charge in [-0.2, -0.15) is 13.2 Å². The number of furan rings is 1. The Hall–Kier alpha value is -1.83. The van der Waals surface area contributed by atoms with Gasteiger partial charge < -0.3 is 9.32 Å². The van der Waals surface area contributed by atoms with Crippen LogP contribution in [0, 0.1) is 19.3 Å². The zero-order valence-corrected chi connectivity index (χ0v) is 15.6. The van der Waals surface area contributed by atoms with Crippen LogP contribution in [-0.2, 0) is 0 Å². The summed E-state index contributed by atoms with van der Waals surface area (Å²) >= 11 is 1.05. The Kier molecular flexibility index (Phi) is 5.32. The molecule has 0 unspecified atom stereocenters. The molecule has 2 aromatic rings. The van der Waals surface area contributed by atoms with Crippen molar-refractivity contribution >= 4 is 17.2 Å². The second-order valence-corrected chi connectivity index (χ2v) is 8.18. The Labute approximate surface area is 148 Å². The summed E-state index contributed by atoms with van der Waals surface area (Å²) in [7, 11) is 0. The SMILES string of the molecule is Cc1ccc(-c2nc(C)c(C(=O)N(CC(C)(C)C)CC(F)(F)F)s2)o1. The molecular weight excluding hydrogens is 353 g/mol. The highest BCUT2D eigenvalue weighted by Crippen LogP contribution is 2.31. The first-order valence-corrected chi connectivity index (χ1v) is 8.58. The first-order valence-electron chi connectivity index (χ1n) is 7.76. The van der Waals surface area contributed by atoms with E-state index in [1.807, 2.05) is 0 Å². The number of alkyl halides is 3. The number of nitrogens with zero attached hydrogens (tertiary/aromatic N) is 2. The molecule has 8 heteroatoms. The summed E-state index contributed by atoms with van der Waals surface area (Å²) in [5, 5.41) is 0.483. The van der Waals surface area contributed by atoms with Crippen LogP contribution in [-0.4, -0.2) is 35.1 Å². The highest BCUT2D eigenvalue weighted by molar-refractivity contribution is 7.17. The minimum absolute atomic E-state index is 0.00211. The van der Waals surface area contributed by atoms with Crippen LogP contribution in [0.25, 0.3) is 10.8 Å². The number of halogens is 3. The van der Waals surface area contributed by atoms with Gasteiger partial charge in [0.15, 0.2) is 10.8 Å². The minimum atomic E-state index is -4.46. The second-order valence-electron chi connectivity index (χ2n) is 7.18. The third-order valence-electron chi connectivity index (χ3n) is 3.26. The van der Waals surface area contributed by atoms with Crippen molar-refractivity contribution in [2.24, 2.45) is 5.41 Å². The Morgan fingerprint density at radius 2 is 1.84 bits per heavy atom. The van der Waals surface area contributed by atoms with Gasteiger partial charge in [0.25, 0.3) is 5.91 Å². The normalized spacial score (nSPS) is 12.5. The van der Waals surface area contributed by atoms with E-state index in [-0.39, 0.29) is 11.4 Å². The van der Waals surface area contributed by atoms with E-state index in [9.17, 15) is 18.0 Å². The number of aryl methyl sites for hydroxylation is 2. The van der Waals surface area contributed by atoms with Crippen molar-refractivity contribution in [2.75, 3.05) is 13.1 Å². The Balaban J connectivity index is 2.33. The van der Waals surface area contributed by atoms with E-state index in [0.717, 1.165) is 16.2 Å². The van der Waals surface area contributed by atoms with Crippen LogP contribution in [0.2, 0.25) is 0 Å². The summed E-state index contributed by atoms with van der Waals surface area (Å²) in [5.41, 5.74) is -0.0550. The molecule has 0 aliphatic carbocycles. The van der Waals surface area contributed by atoms with Gasteiger partial charge in [-0.15, -0.1) is 11.3 Å². The maximum absolute atomic E-state index is 12.9. The largest absolute Gasteiger partial charge is 0.459 e. The lowest BCUT2D eigenvalue weighted by molar-refractivity contribution is -0.142. The maximum Gasteiger partial charge on any atom is 0.406 e. The maximum atomic E-state index is 12.9. The molecule has 0 bridgehead atoms. The van der Waals surface area contributed by atoms with E-state index in [0.29, 0.717) is 22.2 Å². The van der Waals surface area contributed by atoms with Gasteiger partial charge in [0.1, 0.15) is 17.2 Å². The number of aromatic nitrogens is 1. The van der Waals surface area contributed by atoms with E-state index in [2.05, 4.69) is 4.98 Å². The molecule has 0 N–H and O–H groups in total. The summed E-state index contributed by atoms with van der Waals surface area (Å²) in [6.45, 7) is 7.49. The highest BCUT2D eigenvalue weighted by Gasteiger charge is 2.36. The van der Waals surface area contributed by atoms with Crippen LogP contribution in [0.1, 0.15) is 41.9 Å². The molecule has 0 radical (unpaired) electrons. The lowest BCUT2D eigenvalue weighted by atomic mass is 9.96. The van der Waals surface area contributed by atoms with Crippen LogP contribution in [0.3, 0.4) is 0 Å². The zero-order valence-electron chi connectivity index (χ0n) is 14.8. The van der Waals surface area contributed by atoms with Gasteiger partial charge in [-0.3, -0.25) is 4.79 Å². The molecule has 2 heterocycles. The van der Waals surface area contributed by atoms with E-state index in [4.69, 9.17) is 4.42 Å². The van der Waals surface area contributed by atoms with E-state index >= 15 is 0 Å². The summed E-state index contributed by atoms with van der Waals surface area (Å²) < 4.78 is 44.2. The first-order chi connectivity index (χ1) is 11.4. The topological polar surface area (TPSA) is 46.3 Å². The summed E-state index contributed by atoms with van der Waals surface area (Å²) in [5.74, 6) is 0.543. The third-order valence-corrected chi connectivity index (χ3v) is 4.42. The number of amides is 1. The molecule has 0 saturated carbocycles. The van der Waals surface area contributed by atoms with Crippen LogP contribution in [0.5, 0.6) is 0 Å². The average molecular weight is 374 g/mol. The summed E-state index contributed by atoms with van der Waals surface area (Å²) in [6, 6.07) is 3.49. The van der Waals surface area contributed by atoms with Crippen LogP contribution in [0.15, 0.2) is 16.5 Å². The lowest BCUT2D eigenvalue weighted by Crippen LogP contribution is -2.43. The van der Waals surface area contributed by atoms with Crippen LogP contribution >= 0.6 is 11.3 Å². The fourth-order valence-corrected chi connectivity index (χ4v) is 3.38. The average Bonchev–Trinajstić information content (AvgIpc) is 3.00. The Bertz CT molecular complexity index is 741. The van der Waals surface area contributed by atoms with Crippen molar-refractivity contribution in [3.05, 3.63) is 28.5 Å². The standard InChI is InChI=1S/C17H21F3N2O2S/c1-10-6-7-12(24-10)14-21-11(2)13(25-14)15(23)22(8-16(3,4)5)9-17(18,19)20/h6-7H,8-9H2,1-5H3. The molecule has 2 rings (SSSR count). The summed E-state index contributed by atoms with van der Waals surface area (Å²) in [6.07, 6.45) is -4.46. The number of thiazole rings is 1. The van der Waals surface area contributed by atoms with Gasteiger partial charge in [-0.25, -0.2) is 4.98 Å². The van der Waals surface area contributed by atoms with Gasteiger partial charge in [0.2, 0.25) is 0 Å². The molecule has 0 aromatic carbocycles. The van der Waals surface area contributed by atoms with Crippen molar-refractivity contribution < 1.29 is 22.4 Å². The molecule has 0 aliphatic rings. The molecular formula is C17H21F3N2O2S. The van der Waals surface area contributed by atoms with Gasteiger partial charge in [-0.1, -0.05) is 20.8 Å². The predicted octanol–water partition coefficient (Wildman–Crippen LogP) is 5.07. The fourth-order valence-electron chi connectivity index (χ4n) is 2.38. The molecule has 25 heavy (non-hydrogen) atoms. The smallest absolute Gasteiger partial charge is 0.406 e. The van der Waals surface area contributed by atoms with Crippen LogP contribution < -0.4 is 0 Å². The molecule has 0 saturated heterocycles. The number of rotatable bonds is 4. The van der Waals surface area contributed by atoms with Crippen molar-refractivity contribution in [3.8, 4) is 10.8 Å². The number of carbonyl (C=O) groups excluding carboxylic acids is 1. The minimum Gasteiger partial charge on any atom is -0.459 e. The molecule has 4 nitrogen and oxygen atoms in total. The number of hydrogen-bond acceptors (Lipinski definition) is 4. The second kappa shape index (κ2) is 6.82. The molecule has 1 amide bonds. The molecule has 0 atom stereocenters. The molecule has 2 aromatic heterocycles. The first kappa shape index (κ1) is 19.5. The van der Waals surface area contributed by atoms with Gasteiger partial charge in [-0.05, 0) is 31.4 Å². The van der Waals surface area contributed by atoms with E-state index in [1.54, 1.807) is 46.8 Å². The predicted molar refractivity (Wildman–Crippen MR) is 90.7 cm³/mol. The molecule has 138 valence electrons. The van der Waals surface area contributed by atoms with Crippen LogP contribution in [0.4, 0.5) is 13.2 Å². The molecule has 0 spiro atoms. The zero-order chi connectivity index (χ0) is 19.0. The Morgan fingerprint density at radius 3 is 2.32 bits per heavy atom. The van der Waals surface area contributed by atoms with E-state index in [1.165, 1.54) is 0 Å². The Morgan fingerprint density at radius 1 is 1.20 bits per heavy atom. The van der Waals surface area contributed by atoms with Gasteiger partial charge >= 0.3 is 6.18 Å². The van der Waals surface area contributed by atoms with Crippen molar-refractivity contribution in [2.45, 2.75) is 40.8 Å². The third kappa shape index (κ3) is 5.32. The number of hydrogen-bond donors (Lipinski definition) is 0. The summed E-state index contributed by atoms with van der Waals surface area (Å²) in [4.78, 5) is 18.1. The van der Waals surface area contributed by atoms with Crippen molar-refractivity contribution in [1.29, 1.82) is 0 Å². The lowest BCUT2D eigenvalue weighted by Gasteiger charge is -2.30. The van der Waals surface area contributed by atoms with Gasteiger partial charge in [0, 0.05) is 6.54 Å². The van der Waals surface area contributed by atoms with Crippen molar-refractivity contribution in [1.82, 2.24) is 9.88 Å². The monoisotopic (exact) mass is 374 g/mol. The van der Waals surface area contributed by atoms with Gasteiger partial charge in [0.05, 0.1) is 5.69 Å². The van der Waals surface area contributed by atoms with E-state index < -0.39 is 24.0 Å². The van der Waals surface area contributed by atoms with Crippen molar-refractivity contribution in [3.63, 3.8) is 0 Å². The fraction of sp³-hybridized carbons (Fsp3) is 0.529. The number of carbonyl (C=O) groups is 1. The quantitative estimate of drug-likeness (QED) is 0.751. The molecule has 0 fully saturated rings.